The van der Waals surface area contributed by atoms with Gasteiger partial charge in [0.05, 0.1) is 11.5 Å². The predicted octanol–water partition coefficient (Wildman–Crippen LogP) is 1.46. The first-order chi connectivity index (χ1) is 8.82. The number of carbonyl (C=O) groups excluding carboxylic acids is 1. The zero-order valence-electron chi connectivity index (χ0n) is 12.2. The number of carboxylic acid groups (broad SMARTS) is 1. The molecule has 1 unspecified atom stereocenters. The SMILES string of the molecule is CCC1(C(=O)O)CCN(C(=O)C(N)CC(C)C)CC1. The molecule has 5 nitrogen and oxygen atoms in total. The first kappa shape index (κ1) is 16.0. The number of carbonyl (C=O) groups is 2. The van der Waals surface area contributed by atoms with Gasteiger partial charge in [0.15, 0.2) is 0 Å². The topological polar surface area (TPSA) is 83.6 Å². The fraction of sp³-hybridized carbons (Fsp3) is 0.857. The Morgan fingerprint density at radius 3 is 2.21 bits per heavy atom. The molecule has 0 aromatic heterocycles. The fourth-order valence-corrected chi connectivity index (χ4v) is 2.72. The van der Waals surface area contributed by atoms with Gasteiger partial charge in [0.1, 0.15) is 0 Å². The van der Waals surface area contributed by atoms with E-state index in [0.717, 1.165) is 0 Å². The van der Waals surface area contributed by atoms with Gasteiger partial charge >= 0.3 is 5.97 Å². The zero-order chi connectivity index (χ0) is 14.6. The Balaban J connectivity index is 2.58. The van der Waals surface area contributed by atoms with Gasteiger partial charge < -0.3 is 15.7 Å². The third-order valence-electron chi connectivity index (χ3n) is 4.21. The molecule has 1 saturated heterocycles. The van der Waals surface area contributed by atoms with Crippen molar-refractivity contribution >= 4 is 11.9 Å². The summed E-state index contributed by atoms with van der Waals surface area (Å²) in [6.07, 6.45) is 2.34. The van der Waals surface area contributed by atoms with Crippen LogP contribution in [-0.4, -0.2) is 41.0 Å². The lowest BCUT2D eigenvalue weighted by Crippen LogP contribution is -2.51. The average molecular weight is 270 g/mol. The second kappa shape index (κ2) is 6.37. The third-order valence-corrected chi connectivity index (χ3v) is 4.21. The Hall–Kier alpha value is -1.10. The van der Waals surface area contributed by atoms with E-state index < -0.39 is 17.4 Å². The van der Waals surface area contributed by atoms with E-state index in [0.29, 0.717) is 44.7 Å². The van der Waals surface area contributed by atoms with Crippen molar-refractivity contribution in [1.82, 2.24) is 4.90 Å². The Kier molecular flexibility index (Phi) is 5.35. The van der Waals surface area contributed by atoms with Gasteiger partial charge in [0.25, 0.3) is 0 Å². The summed E-state index contributed by atoms with van der Waals surface area (Å²) in [6, 6.07) is -0.459. The van der Waals surface area contributed by atoms with Gasteiger partial charge in [0.2, 0.25) is 5.91 Å². The van der Waals surface area contributed by atoms with Crippen LogP contribution in [0.4, 0.5) is 0 Å². The number of hydrogen-bond donors (Lipinski definition) is 2. The van der Waals surface area contributed by atoms with Crippen LogP contribution in [0.5, 0.6) is 0 Å². The van der Waals surface area contributed by atoms with Crippen LogP contribution in [0, 0.1) is 11.3 Å². The van der Waals surface area contributed by atoms with Crippen molar-refractivity contribution in [3.05, 3.63) is 0 Å². The number of carboxylic acids is 1. The summed E-state index contributed by atoms with van der Waals surface area (Å²) in [7, 11) is 0. The molecule has 1 heterocycles. The number of aliphatic carboxylic acids is 1. The van der Waals surface area contributed by atoms with Crippen molar-refractivity contribution in [2.24, 2.45) is 17.1 Å². The molecule has 0 bridgehead atoms. The summed E-state index contributed by atoms with van der Waals surface area (Å²) in [6.45, 7) is 6.98. The van der Waals surface area contributed by atoms with Gasteiger partial charge in [-0.3, -0.25) is 9.59 Å². The molecular weight excluding hydrogens is 244 g/mol. The van der Waals surface area contributed by atoms with E-state index in [4.69, 9.17) is 5.73 Å². The van der Waals surface area contributed by atoms with E-state index in [1.807, 2.05) is 20.8 Å². The molecule has 1 aliphatic rings. The molecular formula is C14H26N2O3. The minimum absolute atomic E-state index is 0.0382. The standard InChI is InChI=1S/C14H26N2O3/c1-4-14(13(18)19)5-7-16(8-6-14)12(17)11(15)9-10(2)3/h10-11H,4-9,15H2,1-3H3,(H,18,19). The summed E-state index contributed by atoms with van der Waals surface area (Å²) in [4.78, 5) is 25.2. The number of amides is 1. The summed E-state index contributed by atoms with van der Waals surface area (Å²) < 4.78 is 0. The van der Waals surface area contributed by atoms with Gasteiger partial charge in [0, 0.05) is 13.1 Å². The maximum atomic E-state index is 12.2. The van der Waals surface area contributed by atoms with Crippen molar-refractivity contribution in [3.8, 4) is 0 Å². The molecule has 0 aromatic rings. The fourth-order valence-electron chi connectivity index (χ4n) is 2.72. The van der Waals surface area contributed by atoms with Gasteiger partial charge in [-0.25, -0.2) is 0 Å². The van der Waals surface area contributed by atoms with Crippen LogP contribution < -0.4 is 5.73 Å². The summed E-state index contributed by atoms with van der Waals surface area (Å²) in [5, 5.41) is 9.31. The van der Waals surface area contributed by atoms with Crippen molar-refractivity contribution in [1.29, 1.82) is 0 Å². The van der Waals surface area contributed by atoms with E-state index in [2.05, 4.69) is 0 Å². The number of nitrogens with two attached hydrogens (primary N) is 1. The van der Waals surface area contributed by atoms with Crippen LogP contribution in [0.3, 0.4) is 0 Å². The van der Waals surface area contributed by atoms with Crippen molar-refractivity contribution in [2.75, 3.05) is 13.1 Å². The maximum absolute atomic E-state index is 12.2. The Bertz CT molecular complexity index is 334. The molecule has 5 heteroatoms. The highest BCUT2D eigenvalue weighted by Crippen LogP contribution is 2.35. The largest absolute Gasteiger partial charge is 0.481 e. The van der Waals surface area contributed by atoms with Crippen LogP contribution in [0.15, 0.2) is 0 Å². The van der Waals surface area contributed by atoms with Crippen molar-refractivity contribution in [3.63, 3.8) is 0 Å². The highest BCUT2D eigenvalue weighted by molar-refractivity contribution is 5.82. The number of piperidine rings is 1. The summed E-state index contributed by atoms with van der Waals surface area (Å²) in [5.41, 5.74) is 5.25. The van der Waals surface area contributed by atoms with Crippen molar-refractivity contribution < 1.29 is 14.7 Å². The lowest BCUT2D eigenvalue weighted by molar-refractivity contribution is -0.154. The molecule has 1 fully saturated rings. The van der Waals surface area contributed by atoms with E-state index in [9.17, 15) is 14.7 Å². The van der Waals surface area contributed by atoms with Crippen molar-refractivity contribution in [2.45, 2.75) is 52.5 Å². The molecule has 19 heavy (non-hydrogen) atoms. The number of hydrogen-bond acceptors (Lipinski definition) is 3. The highest BCUT2D eigenvalue weighted by atomic mass is 16.4. The first-order valence-electron chi connectivity index (χ1n) is 7.10. The predicted molar refractivity (Wildman–Crippen MR) is 73.6 cm³/mol. The highest BCUT2D eigenvalue weighted by Gasteiger charge is 2.41. The Labute approximate surface area is 115 Å². The molecule has 0 saturated carbocycles. The third kappa shape index (κ3) is 3.69. The van der Waals surface area contributed by atoms with Crippen LogP contribution in [0.1, 0.15) is 46.5 Å². The second-order valence-corrected chi connectivity index (χ2v) is 6.00. The van der Waals surface area contributed by atoms with E-state index in [-0.39, 0.29) is 5.91 Å². The summed E-state index contributed by atoms with van der Waals surface area (Å²) in [5.74, 6) is -0.394. The molecule has 110 valence electrons. The Morgan fingerprint density at radius 2 is 1.84 bits per heavy atom. The van der Waals surface area contributed by atoms with Crippen LogP contribution in [-0.2, 0) is 9.59 Å². The van der Waals surface area contributed by atoms with E-state index >= 15 is 0 Å². The number of rotatable bonds is 5. The normalized spacial score (nSPS) is 20.4. The van der Waals surface area contributed by atoms with Gasteiger partial charge in [-0.1, -0.05) is 20.8 Å². The molecule has 1 aliphatic heterocycles. The summed E-state index contributed by atoms with van der Waals surface area (Å²) >= 11 is 0. The minimum Gasteiger partial charge on any atom is -0.481 e. The lowest BCUT2D eigenvalue weighted by Gasteiger charge is -2.39. The minimum atomic E-state index is -0.742. The van der Waals surface area contributed by atoms with Crippen LogP contribution in [0.25, 0.3) is 0 Å². The van der Waals surface area contributed by atoms with Crippen LogP contribution >= 0.6 is 0 Å². The van der Waals surface area contributed by atoms with Gasteiger partial charge in [-0.2, -0.15) is 0 Å². The zero-order valence-corrected chi connectivity index (χ0v) is 12.2. The number of likely N-dealkylation sites (tertiary alicyclic amines) is 1. The first-order valence-corrected chi connectivity index (χ1v) is 7.10. The van der Waals surface area contributed by atoms with Gasteiger partial charge in [-0.05, 0) is 31.6 Å². The Morgan fingerprint density at radius 1 is 1.32 bits per heavy atom. The molecule has 0 radical (unpaired) electrons. The van der Waals surface area contributed by atoms with E-state index in [1.165, 1.54) is 0 Å². The average Bonchev–Trinajstić information content (AvgIpc) is 2.37. The molecule has 0 aliphatic carbocycles. The molecule has 0 spiro atoms. The molecule has 0 aromatic carbocycles. The van der Waals surface area contributed by atoms with E-state index in [1.54, 1.807) is 4.90 Å². The smallest absolute Gasteiger partial charge is 0.309 e. The quantitative estimate of drug-likeness (QED) is 0.792. The maximum Gasteiger partial charge on any atom is 0.309 e. The number of nitrogens with zero attached hydrogens (tertiary/aromatic N) is 1. The monoisotopic (exact) mass is 270 g/mol. The lowest BCUT2D eigenvalue weighted by atomic mass is 9.76. The van der Waals surface area contributed by atoms with Crippen LogP contribution in [0.2, 0.25) is 0 Å². The molecule has 1 atom stereocenters. The molecule has 3 N–H and O–H groups in total. The second-order valence-electron chi connectivity index (χ2n) is 6.00. The van der Waals surface area contributed by atoms with Gasteiger partial charge in [-0.15, -0.1) is 0 Å². The molecule has 1 rings (SSSR count). The molecule has 1 amide bonds.